The number of carbonyl (C=O) groups is 2. The van der Waals surface area contributed by atoms with Gasteiger partial charge >= 0.3 is 6.03 Å². The van der Waals surface area contributed by atoms with Crippen LogP contribution in [0.25, 0.3) is 0 Å². The summed E-state index contributed by atoms with van der Waals surface area (Å²) in [6.07, 6.45) is 3.29. The summed E-state index contributed by atoms with van der Waals surface area (Å²) in [5.41, 5.74) is 2.94. The molecule has 26 heavy (non-hydrogen) atoms. The fourth-order valence-corrected chi connectivity index (χ4v) is 2.75. The molecule has 2 amide bonds. The third-order valence-corrected chi connectivity index (χ3v) is 3.99. The van der Waals surface area contributed by atoms with Crippen molar-refractivity contribution in [3.05, 3.63) is 84.4 Å². The van der Waals surface area contributed by atoms with Crippen molar-refractivity contribution in [2.75, 3.05) is 5.32 Å². The molecule has 0 spiro atoms. The van der Waals surface area contributed by atoms with E-state index in [2.05, 4.69) is 20.6 Å². The van der Waals surface area contributed by atoms with Crippen molar-refractivity contribution >= 4 is 23.3 Å². The van der Waals surface area contributed by atoms with Gasteiger partial charge in [0.1, 0.15) is 6.33 Å². The van der Waals surface area contributed by atoms with Gasteiger partial charge in [0.15, 0.2) is 0 Å². The summed E-state index contributed by atoms with van der Waals surface area (Å²) in [6, 6.07) is 16.5. The Balaban J connectivity index is 1.76. The predicted molar refractivity (Wildman–Crippen MR) is 97.1 cm³/mol. The SMILES string of the molecule is O=C1Nc2ccccc2C(c2ccccc2)=N[C@H]1NC(=O)n1ccnc1. The van der Waals surface area contributed by atoms with Gasteiger partial charge in [0.25, 0.3) is 5.91 Å². The van der Waals surface area contributed by atoms with Crippen molar-refractivity contribution < 1.29 is 9.59 Å². The molecule has 2 N–H and O–H groups in total. The zero-order chi connectivity index (χ0) is 17.9. The maximum atomic E-state index is 12.6. The highest BCUT2D eigenvalue weighted by molar-refractivity contribution is 6.19. The summed E-state index contributed by atoms with van der Waals surface area (Å²) in [7, 11) is 0. The number of anilines is 1. The minimum absolute atomic E-state index is 0.406. The van der Waals surface area contributed by atoms with E-state index in [4.69, 9.17) is 0 Å². The largest absolute Gasteiger partial charge is 0.328 e. The van der Waals surface area contributed by atoms with Gasteiger partial charge in [-0.3, -0.25) is 9.36 Å². The van der Waals surface area contributed by atoms with E-state index in [1.54, 1.807) is 0 Å². The summed E-state index contributed by atoms with van der Waals surface area (Å²) in [5.74, 6) is -0.406. The number of imidazole rings is 1. The van der Waals surface area contributed by atoms with Crippen LogP contribution in [-0.2, 0) is 4.79 Å². The summed E-state index contributed by atoms with van der Waals surface area (Å²) >= 11 is 0. The molecule has 3 aromatic rings. The Labute approximate surface area is 149 Å². The Hall–Kier alpha value is -3.74. The number of carbonyl (C=O) groups excluding carboxylic acids is 2. The highest BCUT2D eigenvalue weighted by Gasteiger charge is 2.27. The van der Waals surface area contributed by atoms with Gasteiger partial charge in [0.05, 0.1) is 11.4 Å². The maximum absolute atomic E-state index is 12.6. The molecule has 128 valence electrons. The van der Waals surface area contributed by atoms with E-state index in [1.807, 2.05) is 54.6 Å². The van der Waals surface area contributed by atoms with Gasteiger partial charge in [-0.1, -0.05) is 48.5 Å². The van der Waals surface area contributed by atoms with Crippen molar-refractivity contribution in [2.24, 2.45) is 4.99 Å². The molecular weight excluding hydrogens is 330 g/mol. The highest BCUT2D eigenvalue weighted by Crippen LogP contribution is 2.23. The number of fused-ring (bicyclic) bond motifs is 1. The minimum atomic E-state index is -1.06. The quantitative estimate of drug-likeness (QED) is 0.747. The molecule has 0 unspecified atom stereocenters. The lowest BCUT2D eigenvalue weighted by Crippen LogP contribution is -2.43. The first-order chi connectivity index (χ1) is 12.7. The molecule has 7 nitrogen and oxygen atoms in total. The molecule has 0 radical (unpaired) electrons. The first-order valence-corrected chi connectivity index (χ1v) is 8.05. The zero-order valence-electron chi connectivity index (χ0n) is 13.7. The van der Waals surface area contributed by atoms with Gasteiger partial charge in [-0.15, -0.1) is 0 Å². The lowest BCUT2D eigenvalue weighted by molar-refractivity contribution is -0.117. The Bertz CT molecular complexity index is 980. The van der Waals surface area contributed by atoms with E-state index in [0.29, 0.717) is 11.4 Å². The van der Waals surface area contributed by atoms with E-state index in [9.17, 15) is 9.59 Å². The standard InChI is InChI=1S/C19H15N5O2/c25-18-17(23-19(26)24-11-10-20-12-24)22-16(13-6-2-1-3-7-13)14-8-4-5-9-15(14)21-18/h1-12,17H,(H,21,25)(H,23,26)/t17-/m0/s1. The van der Waals surface area contributed by atoms with Crippen LogP contribution < -0.4 is 10.6 Å². The Morgan fingerprint density at radius 1 is 1.08 bits per heavy atom. The number of rotatable bonds is 2. The molecule has 0 bridgehead atoms. The second kappa shape index (κ2) is 6.64. The van der Waals surface area contributed by atoms with Gasteiger partial charge in [-0.2, -0.15) is 0 Å². The van der Waals surface area contributed by atoms with Crippen molar-refractivity contribution in [1.82, 2.24) is 14.9 Å². The number of aromatic nitrogens is 2. The molecule has 1 aromatic heterocycles. The van der Waals surface area contributed by atoms with Crippen molar-refractivity contribution in [1.29, 1.82) is 0 Å². The molecule has 0 aliphatic carbocycles. The Kier molecular flexibility index (Phi) is 4.03. The van der Waals surface area contributed by atoms with E-state index in [0.717, 1.165) is 11.1 Å². The number of para-hydroxylation sites is 1. The molecule has 4 rings (SSSR count). The first-order valence-electron chi connectivity index (χ1n) is 8.05. The number of hydrogen-bond donors (Lipinski definition) is 2. The maximum Gasteiger partial charge on any atom is 0.328 e. The lowest BCUT2D eigenvalue weighted by atomic mass is 10.0. The zero-order valence-corrected chi connectivity index (χ0v) is 13.7. The average Bonchev–Trinajstić information content (AvgIpc) is 3.17. The number of aliphatic imine (C=N–C) groups is 1. The fourth-order valence-electron chi connectivity index (χ4n) is 2.75. The summed E-state index contributed by atoms with van der Waals surface area (Å²) in [5, 5.41) is 5.46. The average molecular weight is 345 g/mol. The summed E-state index contributed by atoms with van der Waals surface area (Å²) in [6.45, 7) is 0. The normalized spacial score (nSPS) is 16.1. The van der Waals surface area contributed by atoms with Gasteiger partial charge in [-0.25, -0.2) is 14.8 Å². The highest BCUT2D eigenvalue weighted by atomic mass is 16.2. The fraction of sp³-hybridized carbons (Fsp3) is 0.0526. The number of hydrogen-bond acceptors (Lipinski definition) is 4. The van der Waals surface area contributed by atoms with Crippen LogP contribution in [0.5, 0.6) is 0 Å². The van der Waals surface area contributed by atoms with Gasteiger partial charge in [-0.05, 0) is 6.07 Å². The van der Waals surface area contributed by atoms with Crippen LogP contribution in [0.4, 0.5) is 10.5 Å². The van der Waals surface area contributed by atoms with E-state index < -0.39 is 18.1 Å². The van der Waals surface area contributed by atoms with Crippen molar-refractivity contribution in [3.8, 4) is 0 Å². The van der Waals surface area contributed by atoms with Crippen LogP contribution in [0.15, 0.2) is 78.3 Å². The predicted octanol–water partition coefficient (Wildman–Crippen LogP) is 2.26. The van der Waals surface area contributed by atoms with Crippen LogP contribution in [0.1, 0.15) is 11.1 Å². The van der Waals surface area contributed by atoms with Crippen LogP contribution >= 0.6 is 0 Å². The molecule has 1 aliphatic rings. The third kappa shape index (κ3) is 2.98. The van der Waals surface area contributed by atoms with E-state index in [-0.39, 0.29) is 0 Å². The molecule has 7 heteroatoms. The second-order valence-electron chi connectivity index (χ2n) is 5.70. The molecule has 0 saturated carbocycles. The van der Waals surface area contributed by atoms with Crippen LogP contribution in [0, 0.1) is 0 Å². The number of nitrogens with zero attached hydrogens (tertiary/aromatic N) is 3. The molecule has 1 aliphatic heterocycles. The molecule has 1 atom stereocenters. The van der Waals surface area contributed by atoms with Crippen LogP contribution in [0.3, 0.4) is 0 Å². The van der Waals surface area contributed by atoms with Crippen molar-refractivity contribution in [3.63, 3.8) is 0 Å². The monoisotopic (exact) mass is 345 g/mol. The van der Waals surface area contributed by atoms with Gasteiger partial charge < -0.3 is 10.6 Å². The molecule has 0 fully saturated rings. The second-order valence-corrected chi connectivity index (χ2v) is 5.70. The van der Waals surface area contributed by atoms with E-state index in [1.165, 1.54) is 23.3 Å². The molecular formula is C19H15N5O2. The Morgan fingerprint density at radius 2 is 1.85 bits per heavy atom. The molecule has 2 heterocycles. The summed E-state index contributed by atoms with van der Waals surface area (Å²) in [4.78, 5) is 33.3. The van der Waals surface area contributed by atoms with Crippen LogP contribution in [-0.4, -0.2) is 33.4 Å². The molecule has 0 saturated heterocycles. The lowest BCUT2D eigenvalue weighted by Gasteiger charge is -2.13. The first kappa shape index (κ1) is 15.8. The summed E-state index contributed by atoms with van der Waals surface area (Å²) < 4.78 is 1.25. The number of nitrogens with one attached hydrogen (secondary N) is 2. The number of benzodiazepines with no additional fused rings is 1. The van der Waals surface area contributed by atoms with Gasteiger partial charge in [0.2, 0.25) is 6.17 Å². The third-order valence-electron chi connectivity index (χ3n) is 3.99. The smallest absolute Gasteiger partial charge is 0.322 e. The van der Waals surface area contributed by atoms with Crippen LogP contribution in [0.2, 0.25) is 0 Å². The van der Waals surface area contributed by atoms with E-state index >= 15 is 0 Å². The van der Waals surface area contributed by atoms with Gasteiger partial charge in [0, 0.05) is 23.5 Å². The molecule has 2 aromatic carbocycles. The number of amides is 2. The van der Waals surface area contributed by atoms with Crippen molar-refractivity contribution in [2.45, 2.75) is 6.17 Å². The topological polar surface area (TPSA) is 88.4 Å². The Morgan fingerprint density at radius 3 is 2.62 bits per heavy atom. The minimum Gasteiger partial charge on any atom is -0.322 e. The number of benzene rings is 2.